The average Bonchev–Trinajstić information content (AvgIpc) is 2.43. The molecule has 1 amide bonds. The molecule has 5 nitrogen and oxygen atoms in total. The Labute approximate surface area is 115 Å². The number of nitrogens with zero attached hydrogens (tertiary/aromatic N) is 2. The van der Waals surface area contributed by atoms with Crippen molar-refractivity contribution in [3.05, 3.63) is 0 Å². The maximum absolute atomic E-state index is 11.9. The van der Waals surface area contributed by atoms with Crippen LogP contribution in [0.2, 0.25) is 0 Å². The quantitative estimate of drug-likeness (QED) is 0.739. The Bertz CT molecular complexity index is 308. The molecule has 5 heteroatoms. The summed E-state index contributed by atoms with van der Waals surface area (Å²) in [5.41, 5.74) is 0. The van der Waals surface area contributed by atoms with Crippen LogP contribution in [-0.4, -0.2) is 59.5 Å². The summed E-state index contributed by atoms with van der Waals surface area (Å²) >= 11 is 0. The summed E-state index contributed by atoms with van der Waals surface area (Å²) in [7, 11) is 0. The van der Waals surface area contributed by atoms with Gasteiger partial charge in [0.15, 0.2) is 0 Å². The van der Waals surface area contributed by atoms with Crippen LogP contribution in [-0.2, 0) is 9.59 Å². The van der Waals surface area contributed by atoms with Crippen molar-refractivity contribution in [1.29, 1.82) is 0 Å². The molecule has 0 spiro atoms. The van der Waals surface area contributed by atoms with Crippen molar-refractivity contribution >= 4 is 11.9 Å². The van der Waals surface area contributed by atoms with Gasteiger partial charge in [-0.05, 0) is 38.8 Å². The SMILES string of the molecule is CCN(CC)CC1CCN(C(=O)C(C)C(=O)O)CC1. The zero-order valence-corrected chi connectivity index (χ0v) is 12.3. The molecule has 1 unspecified atom stereocenters. The lowest BCUT2D eigenvalue weighted by atomic mass is 9.95. The fourth-order valence-corrected chi connectivity index (χ4v) is 2.56. The summed E-state index contributed by atoms with van der Waals surface area (Å²) in [5, 5.41) is 8.86. The van der Waals surface area contributed by atoms with Gasteiger partial charge in [-0.3, -0.25) is 9.59 Å². The first-order chi connectivity index (χ1) is 8.99. The molecule has 1 saturated heterocycles. The van der Waals surface area contributed by atoms with Crippen LogP contribution in [0.1, 0.15) is 33.6 Å². The zero-order chi connectivity index (χ0) is 14.4. The minimum absolute atomic E-state index is 0.242. The summed E-state index contributed by atoms with van der Waals surface area (Å²) in [6.45, 7) is 10.4. The van der Waals surface area contributed by atoms with Crippen molar-refractivity contribution in [2.75, 3.05) is 32.7 Å². The van der Waals surface area contributed by atoms with Crippen LogP contribution in [0.3, 0.4) is 0 Å². The first-order valence-corrected chi connectivity index (χ1v) is 7.23. The van der Waals surface area contributed by atoms with Crippen LogP contribution in [0.5, 0.6) is 0 Å². The van der Waals surface area contributed by atoms with Gasteiger partial charge in [0.1, 0.15) is 5.92 Å². The highest BCUT2D eigenvalue weighted by Gasteiger charge is 2.29. The lowest BCUT2D eigenvalue weighted by molar-refractivity contribution is -0.151. The van der Waals surface area contributed by atoms with Crippen LogP contribution >= 0.6 is 0 Å². The third kappa shape index (κ3) is 4.49. The van der Waals surface area contributed by atoms with Crippen LogP contribution in [0.25, 0.3) is 0 Å². The molecule has 0 radical (unpaired) electrons. The number of carboxylic acid groups (broad SMARTS) is 1. The van der Waals surface area contributed by atoms with Gasteiger partial charge in [-0.25, -0.2) is 0 Å². The van der Waals surface area contributed by atoms with Gasteiger partial charge in [-0.1, -0.05) is 13.8 Å². The van der Waals surface area contributed by atoms with E-state index in [9.17, 15) is 9.59 Å². The third-order valence-corrected chi connectivity index (χ3v) is 4.08. The maximum atomic E-state index is 11.9. The topological polar surface area (TPSA) is 60.9 Å². The molecule has 1 fully saturated rings. The number of likely N-dealkylation sites (tertiary alicyclic amines) is 1. The summed E-state index contributed by atoms with van der Waals surface area (Å²) in [5.74, 6) is -1.56. The molecular formula is C14H26N2O3. The molecule has 0 aliphatic carbocycles. The van der Waals surface area contributed by atoms with Crippen LogP contribution in [0, 0.1) is 11.8 Å². The average molecular weight is 270 g/mol. The monoisotopic (exact) mass is 270 g/mol. The van der Waals surface area contributed by atoms with Crippen molar-refractivity contribution in [2.45, 2.75) is 33.6 Å². The molecule has 1 heterocycles. The number of carbonyl (C=O) groups excluding carboxylic acids is 1. The summed E-state index contributed by atoms with van der Waals surface area (Å²) in [6, 6.07) is 0. The smallest absolute Gasteiger partial charge is 0.315 e. The second-order valence-electron chi connectivity index (χ2n) is 5.31. The predicted molar refractivity (Wildman–Crippen MR) is 73.9 cm³/mol. The first-order valence-electron chi connectivity index (χ1n) is 7.23. The Balaban J connectivity index is 2.40. The number of carbonyl (C=O) groups is 2. The highest BCUT2D eigenvalue weighted by molar-refractivity contribution is 5.96. The molecule has 110 valence electrons. The predicted octanol–water partition coefficient (Wildman–Crippen LogP) is 1.29. The summed E-state index contributed by atoms with van der Waals surface area (Å²) in [6.07, 6.45) is 1.96. The van der Waals surface area contributed by atoms with Crippen LogP contribution in [0.4, 0.5) is 0 Å². The zero-order valence-electron chi connectivity index (χ0n) is 12.3. The molecule has 0 aromatic heterocycles. The van der Waals surface area contributed by atoms with E-state index in [0.717, 1.165) is 32.5 Å². The van der Waals surface area contributed by atoms with Crippen LogP contribution in [0.15, 0.2) is 0 Å². The molecule has 1 aliphatic rings. The van der Waals surface area contributed by atoms with E-state index in [1.54, 1.807) is 4.90 Å². The van der Waals surface area contributed by atoms with Gasteiger partial charge in [-0.2, -0.15) is 0 Å². The van der Waals surface area contributed by atoms with E-state index >= 15 is 0 Å². The second-order valence-corrected chi connectivity index (χ2v) is 5.31. The van der Waals surface area contributed by atoms with Gasteiger partial charge in [0.2, 0.25) is 5.91 Å². The first kappa shape index (κ1) is 16.0. The second kappa shape index (κ2) is 7.48. The number of aliphatic carboxylic acids is 1. The highest BCUT2D eigenvalue weighted by Crippen LogP contribution is 2.20. The minimum Gasteiger partial charge on any atom is -0.481 e. The fourth-order valence-electron chi connectivity index (χ4n) is 2.56. The van der Waals surface area contributed by atoms with Crippen LogP contribution < -0.4 is 0 Å². The molecule has 1 N–H and O–H groups in total. The Morgan fingerprint density at radius 2 is 1.79 bits per heavy atom. The van der Waals surface area contributed by atoms with Gasteiger partial charge in [0, 0.05) is 19.6 Å². The largest absolute Gasteiger partial charge is 0.481 e. The molecule has 0 saturated carbocycles. The van der Waals surface area contributed by atoms with E-state index in [-0.39, 0.29) is 5.91 Å². The lowest BCUT2D eigenvalue weighted by Gasteiger charge is -2.35. The van der Waals surface area contributed by atoms with Gasteiger partial charge >= 0.3 is 5.97 Å². The van der Waals surface area contributed by atoms with Gasteiger partial charge in [-0.15, -0.1) is 0 Å². The van der Waals surface area contributed by atoms with Crippen molar-refractivity contribution in [3.63, 3.8) is 0 Å². The summed E-state index contributed by atoms with van der Waals surface area (Å²) in [4.78, 5) is 26.8. The highest BCUT2D eigenvalue weighted by atomic mass is 16.4. The Kier molecular flexibility index (Phi) is 6.28. The van der Waals surface area contributed by atoms with Crippen molar-refractivity contribution in [1.82, 2.24) is 9.80 Å². The molecule has 0 aromatic rings. The lowest BCUT2D eigenvalue weighted by Crippen LogP contribution is -2.44. The number of carboxylic acids is 1. The van der Waals surface area contributed by atoms with Crippen molar-refractivity contribution < 1.29 is 14.7 Å². The van der Waals surface area contributed by atoms with Gasteiger partial charge in [0.25, 0.3) is 0 Å². The standard InChI is InChI=1S/C14H26N2O3/c1-4-15(5-2)10-12-6-8-16(9-7-12)13(17)11(3)14(18)19/h11-12H,4-10H2,1-3H3,(H,18,19). The number of rotatable bonds is 6. The van der Waals surface area contributed by atoms with E-state index in [4.69, 9.17) is 5.11 Å². The van der Waals surface area contributed by atoms with Gasteiger partial charge in [0.05, 0.1) is 0 Å². The van der Waals surface area contributed by atoms with E-state index < -0.39 is 11.9 Å². The third-order valence-electron chi connectivity index (χ3n) is 4.08. The number of hydrogen-bond acceptors (Lipinski definition) is 3. The molecule has 1 aliphatic heterocycles. The Hall–Kier alpha value is -1.10. The minimum atomic E-state index is -1.03. The fraction of sp³-hybridized carbons (Fsp3) is 0.857. The Morgan fingerprint density at radius 3 is 2.21 bits per heavy atom. The van der Waals surface area contributed by atoms with Crippen molar-refractivity contribution in [2.24, 2.45) is 11.8 Å². The normalized spacial score (nSPS) is 18.6. The van der Waals surface area contributed by atoms with Gasteiger partial charge < -0.3 is 14.9 Å². The molecule has 19 heavy (non-hydrogen) atoms. The van der Waals surface area contributed by atoms with E-state index in [1.807, 2.05) is 0 Å². The molecular weight excluding hydrogens is 244 g/mol. The van der Waals surface area contributed by atoms with E-state index in [0.29, 0.717) is 19.0 Å². The molecule has 0 bridgehead atoms. The Morgan fingerprint density at radius 1 is 1.26 bits per heavy atom. The maximum Gasteiger partial charge on any atom is 0.315 e. The molecule has 1 atom stereocenters. The number of hydrogen-bond donors (Lipinski definition) is 1. The van der Waals surface area contributed by atoms with Crippen molar-refractivity contribution in [3.8, 4) is 0 Å². The van der Waals surface area contributed by atoms with E-state index in [2.05, 4.69) is 18.7 Å². The number of piperidine rings is 1. The number of amides is 1. The molecule has 0 aromatic carbocycles. The van der Waals surface area contributed by atoms with E-state index in [1.165, 1.54) is 6.92 Å². The summed E-state index contributed by atoms with van der Waals surface area (Å²) < 4.78 is 0. The molecule has 1 rings (SSSR count).